The van der Waals surface area contributed by atoms with E-state index in [1.54, 1.807) is 0 Å². The third kappa shape index (κ3) is 39.6. The summed E-state index contributed by atoms with van der Waals surface area (Å²) in [5.41, 5.74) is 0. The zero-order valence-electron chi connectivity index (χ0n) is 34.0. The van der Waals surface area contributed by atoms with Gasteiger partial charge >= 0.3 is 17.9 Å². The van der Waals surface area contributed by atoms with Gasteiger partial charge in [0.2, 0.25) is 0 Å². The normalized spacial score (nSPS) is 12.9. The standard InChI is InChI=1S/C47H76O6/c1-4-7-10-13-16-19-21-23-24-26-28-31-34-37-40-46(49)52-43-44(42-51-45(48)39-36-33-30-27-18-15-12-9-6-3)53-47(50)41-38-35-32-29-25-22-20-17-14-11-8-5-2/h7-12,16-20,25,27,29,44H,4-6,13-15,21-24,26,28,30-43H2,1-3H3/b10-7-,11-8-,12-9-,19-16-,20-17-,27-18-,29-25-. The number of carbonyl (C=O) groups is 3. The third-order valence-corrected chi connectivity index (χ3v) is 8.38. The van der Waals surface area contributed by atoms with Crippen molar-refractivity contribution in [3.05, 3.63) is 85.1 Å². The van der Waals surface area contributed by atoms with E-state index in [9.17, 15) is 14.4 Å². The van der Waals surface area contributed by atoms with Gasteiger partial charge in [-0.25, -0.2) is 0 Å². The minimum Gasteiger partial charge on any atom is -0.462 e. The van der Waals surface area contributed by atoms with E-state index in [4.69, 9.17) is 14.2 Å². The molecule has 0 bridgehead atoms. The highest BCUT2D eigenvalue weighted by atomic mass is 16.6. The van der Waals surface area contributed by atoms with Crippen LogP contribution >= 0.6 is 0 Å². The Morgan fingerprint density at radius 1 is 0.377 bits per heavy atom. The largest absolute Gasteiger partial charge is 0.462 e. The van der Waals surface area contributed by atoms with E-state index in [0.717, 1.165) is 103 Å². The number of ether oxygens (including phenoxy) is 3. The molecule has 1 unspecified atom stereocenters. The number of rotatable bonds is 36. The van der Waals surface area contributed by atoms with E-state index in [0.29, 0.717) is 19.3 Å². The summed E-state index contributed by atoms with van der Waals surface area (Å²) in [5, 5.41) is 0. The maximum atomic E-state index is 12.6. The minimum atomic E-state index is -0.809. The number of hydrogen-bond donors (Lipinski definition) is 0. The van der Waals surface area contributed by atoms with Gasteiger partial charge in [-0.2, -0.15) is 0 Å². The Kier molecular flexibility index (Phi) is 38.7. The van der Waals surface area contributed by atoms with Crippen LogP contribution in [0.1, 0.15) is 175 Å². The van der Waals surface area contributed by atoms with Crippen LogP contribution in [0.2, 0.25) is 0 Å². The van der Waals surface area contributed by atoms with Crippen molar-refractivity contribution in [3.8, 4) is 0 Å². The van der Waals surface area contributed by atoms with Crippen molar-refractivity contribution in [2.75, 3.05) is 13.2 Å². The Balaban J connectivity index is 4.47. The van der Waals surface area contributed by atoms with E-state index >= 15 is 0 Å². The smallest absolute Gasteiger partial charge is 0.306 e. The van der Waals surface area contributed by atoms with E-state index < -0.39 is 6.10 Å². The number of carbonyl (C=O) groups excluding carboxylic acids is 3. The van der Waals surface area contributed by atoms with Crippen LogP contribution in [0.5, 0.6) is 0 Å². The van der Waals surface area contributed by atoms with Gasteiger partial charge in [-0.3, -0.25) is 14.4 Å². The van der Waals surface area contributed by atoms with Crippen LogP contribution in [0.25, 0.3) is 0 Å². The lowest BCUT2D eigenvalue weighted by atomic mass is 10.1. The minimum absolute atomic E-state index is 0.108. The van der Waals surface area contributed by atoms with Gasteiger partial charge in [-0.15, -0.1) is 0 Å². The van der Waals surface area contributed by atoms with Crippen LogP contribution in [0.4, 0.5) is 0 Å². The monoisotopic (exact) mass is 737 g/mol. The maximum absolute atomic E-state index is 12.6. The van der Waals surface area contributed by atoms with Crippen molar-refractivity contribution in [3.63, 3.8) is 0 Å². The van der Waals surface area contributed by atoms with Gasteiger partial charge in [0.25, 0.3) is 0 Å². The molecule has 0 aliphatic rings. The zero-order chi connectivity index (χ0) is 38.7. The lowest BCUT2D eigenvalue weighted by Gasteiger charge is -2.18. The Bertz CT molecular complexity index is 1080. The van der Waals surface area contributed by atoms with Crippen molar-refractivity contribution < 1.29 is 28.6 Å². The average molecular weight is 737 g/mol. The van der Waals surface area contributed by atoms with Crippen LogP contribution < -0.4 is 0 Å². The Morgan fingerprint density at radius 3 is 1.09 bits per heavy atom. The molecule has 0 heterocycles. The lowest BCUT2D eigenvalue weighted by molar-refractivity contribution is -0.167. The van der Waals surface area contributed by atoms with Gasteiger partial charge in [-0.05, 0) is 103 Å². The van der Waals surface area contributed by atoms with Crippen molar-refractivity contribution >= 4 is 17.9 Å². The predicted molar refractivity (Wildman–Crippen MR) is 224 cm³/mol. The molecule has 0 aliphatic heterocycles. The molecule has 0 spiro atoms. The summed E-state index contributed by atoms with van der Waals surface area (Å²) >= 11 is 0. The number of hydrogen-bond acceptors (Lipinski definition) is 6. The number of esters is 3. The average Bonchev–Trinajstić information content (AvgIpc) is 3.15. The summed E-state index contributed by atoms with van der Waals surface area (Å²) in [7, 11) is 0. The molecule has 0 fully saturated rings. The van der Waals surface area contributed by atoms with Crippen molar-refractivity contribution in [1.29, 1.82) is 0 Å². The fourth-order valence-corrected chi connectivity index (χ4v) is 5.29. The fraction of sp³-hybridized carbons (Fsp3) is 0.638. The molecule has 0 aromatic carbocycles. The first-order valence-electron chi connectivity index (χ1n) is 21.1. The van der Waals surface area contributed by atoms with Crippen molar-refractivity contribution in [1.82, 2.24) is 0 Å². The lowest BCUT2D eigenvalue weighted by Crippen LogP contribution is -2.30. The first-order chi connectivity index (χ1) is 26.0. The molecule has 6 nitrogen and oxygen atoms in total. The molecule has 0 amide bonds. The van der Waals surface area contributed by atoms with Gasteiger partial charge < -0.3 is 14.2 Å². The molecule has 0 N–H and O–H groups in total. The second kappa shape index (κ2) is 41.3. The summed E-state index contributed by atoms with van der Waals surface area (Å²) in [6.45, 7) is 6.18. The summed E-state index contributed by atoms with van der Waals surface area (Å²) in [5.74, 6) is -1.01. The summed E-state index contributed by atoms with van der Waals surface area (Å²) in [4.78, 5) is 37.6. The Labute approximate surface area is 325 Å². The number of unbranched alkanes of at least 4 members (excludes halogenated alkanes) is 11. The van der Waals surface area contributed by atoms with Gasteiger partial charge in [0.1, 0.15) is 13.2 Å². The molecule has 0 aromatic heterocycles. The SMILES string of the molecule is CC/C=C\C/C=C\C/C=C\CCCCC(=O)OC(COC(=O)CCCC/C=C\C/C=C\CC)COC(=O)CCCCCCCCC/C=C\C/C=C\CC. The third-order valence-electron chi connectivity index (χ3n) is 8.38. The van der Waals surface area contributed by atoms with Gasteiger partial charge in [0.05, 0.1) is 0 Å². The molecule has 0 radical (unpaired) electrons. The topological polar surface area (TPSA) is 78.9 Å². The van der Waals surface area contributed by atoms with Crippen molar-refractivity contribution in [2.24, 2.45) is 0 Å². The van der Waals surface area contributed by atoms with E-state index in [-0.39, 0.29) is 37.5 Å². The van der Waals surface area contributed by atoms with Crippen LogP contribution in [0.15, 0.2) is 85.1 Å². The molecule has 6 heteroatoms. The van der Waals surface area contributed by atoms with Gasteiger partial charge in [0, 0.05) is 19.3 Å². The Morgan fingerprint density at radius 2 is 0.679 bits per heavy atom. The van der Waals surface area contributed by atoms with Crippen LogP contribution in [-0.2, 0) is 28.6 Å². The summed E-state index contributed by atoms with van der Waals surface area (Å²) < 4.78 is 16.6. The highest BCUT2D eigenvalue weighted by Crippen LogP contribution is 2.12. The van der Waals surface area contributed by atoms with Crippen molar-refractivity contribution in [2.45, 2.75) is 181 Å². The molecule has 0 saturated heterocycles. The summed E-state index contributed by atoms with van der Waals surface area (Å²) in [6, 6.07) is 0. The molecule has 300 valence electrons. The maximum Gasteiger partial charge on any atom is 0.306 e. The molecule has 0 saturated carbocycles. The van der Waals surface area contributed by atoms with E-state index in [1.807, 2.05) is 0 Å². The zero-order valence-corrected chi connectivity index (χ0v) is 34.0. The first-order valence-corrected chi connectivity index (χ1v) is 21.1. The van der Waals surface area contributed by atoms with Gasteiger partial charge in [-0.1, -0.05) is 138 Å². The molecule has 53 heavy (non-hydrogen) atoms. The quantitative estimate of drug-likeness (QED) is 0.0276. The van der Waals surface area contributed by atoms with Gasteiger partial charge in [0.15, 0.2) is 6.10 Å². The molecular weight excluding hydrogens is 661 g/mol. The highest BCUT2D eigenvalue weighted by molar-refractivity contribution is 5.71. The molecular formula is C47H76O6. The second-order valence-corrected chi connectivity index (χ2v) is 13.5. The molecule has 1 atom stereocenters. The molecule has 0 rings (SSSR count). The highest BCUT2D eigenvalue weighted by Gasteiger charge is 2.19. The van der Waals surface area contributed by atoms with Crippen LogP contribution in [0.3, 0.4) is 0 Å². The number of allylic oxidation sites excluding steroid dienone is 14. The first kappa shape index (κ1) is 49.6. The molecule has 0 aromatic rings. The van der Waals surface area contributed by atoms with E-state index in [2.05, 4.69) is 106 Å². The Hall–Kier alpha value is -3.41. The summed E-state index contributed by atoms with van der Waals surface area (Å²) in [6.07, 6.45) is 51.5. The van der Waals surface area contributed by atoms with Crippen LogP contribution in [0, 0.1) is 0 Å². The molecule has 0 aliphatic carbocycles. The van der Waals surface area contributed by atoms with E-state index in [1.165, 1.54) is 25.7 Å². The van der Waals surface area contributed by atoms with Crippen LogP contribution in [-0.4, -0.2) is 37.2 Å². The predicted octanol–water partition coefficient (Wildman–Crippen LogP) is 13.3. The fourth-order valence-electron chi connectivity index (χ4n) is 5.29. The second-order valence-electron chi connectivity index (χ2n) is 13.5.